The van der Waals surface area contributed by atoms with Gasteiger partial charge in [-0.2, -0.15) is 4.98 Å². The Bertz CT molecular complexity index is 508. The Morgan fingerprint density at radius 2 is 2.00 bits per heavy atom. The lowest BCUT2D eigenvalue weighted by Crippen LogP contribution is -2.02. The van der Waals surface area contributed by atoms with Gasteiger partial charge in [0.25, 0.3) is 5.89 Å². The zero-order valence-electron chi connectivity index (χ0n) is 11.6. The zero-order valence-corrected chi connectivity index (χ0v) is 11.6. The molecule has 1 N–H and O–H groups in total. The lowest BCUT2D eigenvalue weighted by atomic mass is 10.1. The summed E-state index contributed by atoms with van der Waals surface area (Å²) in [7, 11) is 0. The molecular formula is C15H21N3O. The van der Waals surface area contributed by atoms with Crippen LogP contribution in [-0.2, 0) is 0 Å². The van der Waals surface area contributed by atoms with E-state index in [1.165, 1.54) is 25.7 Å². The number of nitrogens with one attached hydrogen (secondary N) is 1. The van der Waals surface area contributed by atoms with E-state index < -0.39 is 0 Å². The number of para-hydroxylation sites is 1. The van der Waals surface area contributed by atoms with E-state index in [1.54, 1.807) is 0 Å². The lowest BCUT2D eigenvalue weighted by molar-refractivity contribution is 0.426. The first-order valence-corrected chi connectivity index (χ1v) is 6.95. The maximum absolute atomic E-state index is 5.23. The minimum atomic E-state index is 0.578. The summed E-state index contributed by atoms with van der Waals surface area (Å²) >= 11 is 0. The van der Waals surface area contributed by atoms with Crippen LogP contribution >= 0.6 is 0 Å². The Morgan fingerprint density at radius 3 is 2.74 bits per heavy atom. The number of hydrogen-bond acceptors (Lipinski definition) is 4. The molecule has 19 heavy (non-hydrogen) atoms. The second-order valence-electron chi connectivity index (χ2n) is 4.68. The smallest absolute Gasteiger partial charge is 0.260 e. The molecule has 1 aromatic heterocycles. The van der Waals surface area contributed by atoms with Crippen LogP contribution in [0, 0.1) is 6.92 Å². The van der Waals surface area contributed by atoms with Gasteiger partial charge >= 0.3 is 0 Å². The highest BCUT2D eigenvalue weighted by molar-refractivity contribution is 5.72. The molecule has 0 aliphatic carbocycles. The Morgan fingerprint density at radius 1 is 1.16 bits per heavy atom. The third-order valence-corrected chi connectivity index (χ3v) is 3.03. The second kappa shape index (κ2) is 6.92. The molecule has 1 heterocycles. The molecule has 2 rings (SSSR count). The van der Waals surface area contributed by atoms with Crippen LogP contribution in [0.4, 0.5) is 5.69 Å². The second-order valence-corrected chi connectivity index (χ2v) is 4.68. The van der Waals surface area contributed by atoms with Crippen molar-refractivity contribution in [3.05, 3.63) is 30.1 Å². The van der Waals surface area contributed by atoms with E-state index in [1.807, 2.05) is 25.1 Å². The summed E-state index contributed by atoms with van der Waals surface area (Å²) in [5.74, 6) is 1.24. The number of aryl methyl sites for hydroxylation is 1. The van der Waals surface area contributed by atoms with Gasteiger partial charge in [-0.3, -0.25) is 0 Å². The zero-order chi connectivity index (χ0) is 13.5. The fourth-order valence-electron chi connectivity index (χ4n) is 2.01. The average Bonchev–Trinajstić information content (AvgIpc) is 2.85. The predicted octanol–water partition coefficient (Wildman–Crippen LogP) is 4.04. The standard InChI is InChI=1S/C15H21N3O/c1-3-4-5-8-11-16-14-10-7-6-9-13(14)15-17-12(2)18-19-15/h6-7,9-10,16H,3-5,8,11H2,1-2H3. The molecule has 0 aliphatic heterocycles. The van der Waals surface area contributed by atoms with Crippen molar-refractivity contribution < 1.29 is 4.52 Å². The fraction of sp³-hybridized carbons (Fsp3) is 0.467. The van der Waals surface area contributed by atoms with Crippen LogP contribution in [0.5, 0.6) is 0 Å². The quantitative estimate of drug-likeness (QED) is 0.762. The molecule has 0 fully saturated rings. The van der Waals surface area contributed by atoms with E-state index in [9.17, 15) is 0 Å². The molecule has 2 aromatic rings. The van der Waals surface area contributed by atoms with Crippen molar-refractivity contribution >= 4 is 5.69 Å². The van der Waals surface area contributed by atoms with Crippen LogP contribution < -0.4 is 5.32 Å². The molecule has 0 saturated heterocycles. The largest absolute Gasteiger partial charge is 0.384 e. The van der Waals surface area contributed by atoms with Gasteiger partial charge in [-0.25, -0.2) is 0 Å². The first-order chi connectivity index (χ1) is 9.31. The number of aromatic nitrogens is 2. The first kappa shape index (κ1) is 13.6. The topological polar surface area (TPSA) is 51.0 Å². The van der Waals surface area contributed by atoms with Crippen molar-refractivity contribution in [3.63, 3.8) is 0 Å². The van der Waals surface area contributed by atoms with Crippen molar-refractivity contribution in [3.8, 4) is 11.5 Å². The van der Waals surface area contributed by atoms with E-state index in [-0.39, 0.29) is 0 Å². The van der Waals surface area contributed by atoms with Crippen molar-refractivity contribution in [2.75, 3.05) is 11.9 Å². The molecule has 102 valence electrons. The summed E-state index contributed by atoms with van der Waals surface area (Å²) in [6, 6.07) is 8.05. The van der Waals surface area contributed by atoms with E-state index in [2.05, 4.69) is 28.4 Å². The Kier molecular flexibility index (Phi) is 4.95. The molecule has 0 bridgehead atoms. The number of anilines is 1. The summed E-state index contributed by atoms with van der Waals surface area (Å²) in [5.41, 5.74) is 2.03. The van der Waals surface area contributed by atoms with Crippen LogP contribution in [0.2, 0.25) is 0 Å². The number of rotatable bonds is 7. The van der Waals surface area contributed by atoms with E-state index in [0.717, 1.165) is 17.8 Å². The maximum Gasteiger partial charge on any atom is 0.260 e. The van der Waals surface area contributed by atoms with E-state index in [0.29, 0.717) is 11.7 Å². The van der Waals surface area contributed by atoms with Gasteiger partial charge in [-0.1, -0.05) is 43.5 Å². The molecule has 4 nitrogen and oxygen atoms in total. The molecular weight excluding hydrogens is 238 g/mol. The third kappa shape index (κ3) is 3.81. The van der Waals surface area contributed by atoms with Gasteiger partial charge in [0.1, 0.15) is 0 Å². The summed E-state index contributed by atoms with van der Waals surface area (Å²) in [5, 5.41) is 7.29. The van der Waals surface area contributed by atoms with Crippen molar-refractivity contribution in [1.82, 2.24) is 10.1 Å². The molecule has 0 spiro atoms. The van der Waals surface area contributed by atoms with Gasteiger partial charge in [0.2, 0.25) is 0 Å². The Balaban J connectivity index is 2.00. The first-order valence-electron chi connectivity index (χ1n) is 6.95. The summed E-state index contributed by atoms with van der Waals surface area (Å²) in [4.78, 5) is 4.28. The van der Waals surface area contributed by atoms with E-state index >= 15 is 0 Å². The highest BCUT2D eigenvalue weighted by atomic mass is 16.5. The molecule has 0 amide bonds. The molecule has 0 atom stereocenters. The molecule has 0 aliphatic rings. The average molecular weight is 259 g/mol. The minimum absolute atomic E-state index is 0.578. The van der Waals surface area contributed by atoms with Gasteiger partial charge in [-0.05, 0) is 25.5 Å². The SMILES string of the molecule is CCCCCCNc1ccccc1-c1nc(C)no1. The molecule has 1 aromatic carbocycles. The number of nitrogens with zero attached hydrogens (tertiary/aromatic N) is 2. The Labute approximate surface area is 114 Å². The fourth-order valence-corrected chi connectivity index (χ4v) is 2.01. The van der Waals surface area contributed by atoms with Gasteiger partial charge in [-0.15, -0.1) is 0 Å². The van der Waals surface area contributed by atoms with Gasteiger partial charge < -0.3 is 9.84 Å². The van der Waals surface area contributed by atoms with Crippen LogP contribution in [0.1, 0.15) is 38.4 Å². The van der Waals surface area contributed by atoms with Crippen molar-refractivity contribution in [2.45, 2.75) is 39.5 Å². The highest BCUT2D eigenvalue weighted by Gasteiger charge is 2.10. The van der Waals surface area contributed by atoms with Gasteiger partial charge in [0.15, 0.2) is 5.82 Å². The molecule has 0 radical (unpaired) electrons. The third-order valence-electron chi connectivity index (χ3n) is 3.03. The van der Waals surface area contributed by atoms with Crippen LogP contribution in [0.15, 0.2) is 28.8 Å². The van der Waals surface area contributed by atoms with Gasteiger partial charge in [0, 0.05) is 12.2 Å². The molecule has 0 saturated carbocycles. The highest BCUT2D eigenvalue weighted by Crippen LogP contribution is 2.26. The normalized spacial score (nSPS) is 10.6. The number of unbranched alkanes of at least 4 members (excludes halogenated alkanes) is 3. The van der Waals surface area contributed by atoms with Crippen LogP contribution in [-0.4, -0.2) is 16.7 Å². The van der Waals surface area contributed by atoms with Crippen LogP contribution in [0.25, 0.3) is 11.5 Å². The maximum atomic E-state index is 5.23. The molecule has 0 unspecified atom stereocenters. The number of hydrogen-bond donors (Lipinski definition) is 1. The van der Waals surface area contributed by atoms with Crippen molar-refractivity contribution in [2.24, 2.45) is 0 Å². The monoisotopic (exact) mass is 259 g/mol. The van der Waals surface area contributed by atoms with Gasteiger partial charge in [0.05, 0.1) is 5.56 Å². The lowest BCUT2D eigenvalue weighted by Gasteiger charge is -2.09. The number of benzene rings is 1. The minimum Gasteiger partial charge on any atom is -0.384 e. The summed E-state index contributed by atoms with van der Waals surface area (Å²) in [6.45, 7) is 5.03. The van der Waals surface area contributed by atoms with Crippen molar-refractivity contribution in [1.29, 1.82) is 0 Å². The summed E-state index contributed by atoms with van der Waals surface area (Å²) < 4.78 is 5.23. The molecule has 4 heteroatoms. The van der Waals surface area contributed by atoms with Crippen LogP contribution in [0.3, 0.4) is 0 Å². The Hall–Kier alpha value is -1.84. The van der Waals surface area contributed by atoms with E-state index in [4.69, 9.17) is 4.52 Å². The summed E-state index contributed by atoms with van der Waals surface area (Å²) in [6.07, 6.45) is 5.01. The predicted molar refractivity (Wildman–Crippen MR) is 77.1 cm³/mol.